The van der Waals surface area contributed by atoms with Gasteiger partial charge in [-0.05, 0) is 46.2 Å². The van der Waals surface area contributed by atoms with Crippen LogP contribution in [-0.2, 0) is 19.1 Å². The summed E-state index contributed by atoms with van der Waals surface area (Å²) in [6.07, 6.45) is 7.45. The molecule has 3 aliphatic rings. The maximum absolute atomic E-state index is 13.9. The minimum Gasteiger partial charge on any atom is -0.493 e. The second kappa shape index (κ2) is 12.8. The highest BCUT2D eigenvalue weighted by atomic mass is 19.3. The second-order valence-corrected chi connectivity index (χ2v) is 10.4. The van der Waals surface area contributed by atoms with Crippen LogP contribution in [0.2, 0.25) is 0 Å². The van der Waals surface area contributed by atoms with E-state index in [1.807, 2.05) is 19.1 Å². The van der Waals surface area contributed by atoms with Gasteiger partial charge in [-0.3, -0.25) is 19.3 Å². The number of carbonyl (C=O) groups excluding carboxylic acids is 3. The first kappa shape index (κ1) is 29.8. The van der Waals surface area contributed by atoms with Gasteiger partial charge in [-0.2, -0.15) is 0 Å². The third kappa shape index (κ3) is 7.19. The smallest absolute Gasteiger partial charge is 0.257 e. The Labute approximate surface area is 223 Å². The average Bonchev–Trinajstić information content (AvgIpc) is 3.29. The zero-order valence-electron chi connectivity index (χ0n) is 22.8. The number of amides is 3. The molecule has 0 saturated carbocycles. The first-order valence-electron chi connectivity index (χ1n) is 13.3. The zero-order chi connectivity index (χ0) is 28.0. The van der Waals surface area contributed by atoms with Crippen LogP contribution in [0.1, 0.15) is 46.5 Å². The SMILES string of the molecule is C=CC1=C(/C=C\C)[C@H](NC(=O)[C@@H]2CC[C@@H]3CCN(CC(C)(F)F)C[C@H](NC(=O)[C@H](C)NC)C(=O)N32)CCO1. The maximum Gasteiger partial charge on any atom is 0.257 e. The Morgan fingerprint density at radius 2 is 1.95 bits per heavy atom. The molecule has 3 amide bonds. The molecule has 0 aromatic rings. The molecule has 3 rings (SSSR count). The van der Waals surface area contributed by atoms with Crippen LogP contribution in [0.25, 0.3) is 0 Å². The monoisotopic (exact) mass is 537 g/mol. The van der Waals surface area contributed by atoms with Crippen LogP contribution in [0.15, 0.2) is 36.1 Å². The standard InChI is InChI=1S/C27H41F2N5O4/c1-6-8-19-20(12-14-38-23(19)7-2)31-25(36)22-10-9-18-11-13-33(16-27(4,28)29)15-21(26(37)34(18)22)32-24(35)17(3)30-5/h6-8,17-18,20-22,30H,2,9-16H2,1,3-5H3,(H,31,36)(H,32,35)/b8-6-/t17-,18+,20+,21-,22-/m0/s1. The van der Waals surface area contributed by atoms with Crippen LogP contribution in [0.4, 0.5) is 8.78 Å². The molecule has 0 aromatic carbocycles. The van der Waals surface area contributed by atoms with Crippen molar-refractivity contribution in [1.29, 1.82) is 0 Å². The fourth-order valence-electron chi connectivity index (χ4n) is 5.44. The van der Waals surface area contributed by atoms with Crippen molar-refractivity contribution in [2.75, 3.05) is 33.3 Å². The van der Waals surface area contributed by atoms with Crippen molar-refractivity contribution in [2.24, 2.45) is 0 Å². The van der Waals surface area contributed by atoms with Crippen LogP contribution in [-0.4, -0.2) is 96.9 Å². The Morgan fingerprint density at radius 1 is 1.21 bits per heavy atom. The van der Waals surface area contributed by atoms with Crippen molar-refractivity contribution in [2.45, 2.75) is 82.6 Å². The second-order valence-electron chi connectivity index (χ2n) is 10.4. The molecule has 5 atom stereocenters. The summed E-state index contributed by atoms with van der Waals surface area (Å²) in [4.78, 5) is 43.2. The summed E-state index contributed by atoms with van der Waals surface area (Å²) in [6.45, 7) is 8.36. The molecule has 0 spiro atoms. The van der Waals surface area contributed by atoms with E-state index in [0.29, 0.717) is 44.6 Å². The molecule has 3 aliphatic heterocycles. The third-order valence-electron chi connectivity index (χ3n) is 7.39. The summed E-state index contributed by atoms with van der Waals surface area (Å²) in [5, 5.41) is 8.66. The molecule has 11 heteroatoms. The Kier molecular flexibility index (Phi) is 10.1. The third-order valence-corrected chi connectivity index (χ3v) is 7.39. The molecule has 2 fully saturated rings. The highest BCUT2D eigenvalue weighted by Gasteiger charge is 2.46. The average molecular weight is 538 g/mol. The summed E-state index contributed by atoms with van der Waals surface area (Å²) in [7, 11) is 1.62. The Balaban J connectivity index is 1.84. The predicted molar refractivity (Wildman–Crippen MR) is 140 cm³/mol. The Hall–Kier alpha value is -2.79. The Bertz CT molecular complexity index is 964. The van der Waals surface area contributed by atoms with E-state index in [1.54, 1.807) is 24.9 Å². The number of halogens is 2. The summed E-state index contributed by atoms with van der Waals surface area (Å²) < 4.78 is 33.5. The topological polar surface area (TPSA) is 103 Å². The highest BCUT2D eigenvalue weighted by molar-refractivity contribution is 5.94. The molecule has 38 heavy (non-hydrogen) atoms. The van der Waals surface area contributed by atoms with Gasteiger partial charge in [0.05, 0.1) is 25.2 Å². The van der Waals surface area contributed by atoms with Gasteiger partial charge in [-0.1, -0.05) is 18.7 Å². The van der Waals surface area contributed by atoms with Gasteiger partial charge in [0.15, 0.2) is 0 Å². The predicted octanol–water partition coefficient (Wildman–Crippen LogP) is 1.72. The molecule has 3 heterocycles. The number of rotatable bonds is 9. The lowest BCUT2D eigenvalue weighted by Gasteiger charge is -2.39. The van der Waals surface area contributed by atoms with E-state index in [-0.39, 0.29) is 24.5 Å². The van der Waals surface area contributed by atoms with Gasteiger partial charge < -0.3 is 25.6 Å². The number of nitrogens with zero attached hydrogens (tertiary/aromatic N) is 2. The van der Waals surface area contributed by atoms with E-state index in [1.165, 1.54) is 4.90 Å². The summed E-state index contributed by atoms with van der Waals surface area (Å²) in [5.74, 6) is -3.44. The van der Waals surface area contributed by atoms with Gasteiger partial charge in [0.25, 0.3) is 5.92 Å². The fourth-order valence-corrected chi connectivity index (χ4v) is 5.44. The number of hydrogen-bond acceptors (Lipinski definition) is 6. The first-order valence-corrected chi connectivity index (χ1v) is 13.3. The lowest BCUT2D eigenvalue weighted by molar-refractivity contribution is -0.145. The molecule has 0 unspecified atom stereocenters. The fraction of sp³-hybridized carbons (Fsp3) is 0.667. The molecule has 3 N–H and O–H groups in total. The number of hydrogen-bond donors (Lipinski definition) is 3. The van der Waals surface area contributed by atoms with Crippen molar-refractivity contribution in [3.63, 3.8) is 0 Å². The van der Waals surface area contributed by atoms with Crippen LogP contribution < -0.4 is 16.0 Å². The first-order chi connectivity index (χ1) is 18.0. The molecule has 212 valence electrons. The molecular formula is C27H41F2N5O4. The van der Waals surface area contributed by atoms with E-state index in [4.69, 9.17) is 4.74 Å². The highest BCUT2D eigenvalue weighted by Crippen LogP contribution is 2.31. The van der Waals surface area contributed by atoms with Crippen LogP contribution >= 0.6 is 0 Å². The summed E-state index contributed by atoms with van der Waals surface area (Å²) in [5.41, 5.74) is 0.818. The van der Waals surface area contributed by atoms with Gasteiger partial charge in [0.2, 0.25) is 17.7 Å². The molecule has 0 aliphatic carbocycles. The molecule has 0 bridgehead atoms. The van der Waals surface area contributed by atoms with E-state index in [2.05, 4.69) is 22.5 Å². The normalized spacial score (nSPS) is 27.8. The molecule has 0 radical (unpaired) electrons. The van der Waals surface area contributed by atoms with Crippen LogP contribution in [0.3, 0.4) is 0 Å². The lowest BCUT2D eigenvalue weighted by atomic mass is 9.99. The largest absolute Gasteiger partial charge is 0.493 e. The van der Waals surface area contributed by atoms with Gasteiger partial charge in [0.1, 0.15) is 17.8 Å². The minimum atomic E-state index is -2.95. The number of alkyl halides is 2. The van der Waals surface area contributed by atoms with Gasteiger partial charge in [-0.25, -0.2) is 8.78 Å². The van der Waals surface area contributed by atoms with Crippen molar-refractivity contribution < 1.29 is 27.9 Å². The number of allylic oxidation sites excluding steroid dienone is 2. The number of fused-ring (bicyclic) bond motifs is 1. The molecule has 0 aromatic heterocycles. The van der Waals surface area contributed by atoms with E-state index >= 15 is 0 Å². The zero-order valence-corrected chi connectivity index (χ0v) is 22.8. The summed E-state index contributed by atoms with van der Waals surface area (Å²) >= 11 is 0. The van der Waals surface area contributed by atoms with Crippen molar-refractivity contribution in [1.82, 2.24) is 25.8 Å². The number of likely N-dealkylation sites (N-methyl/N-ethyl adjacent to an activating group) is 1. The number of ether oxygens (including phenoxy) is 1. The van der Waals surface area contributed by atoms with Gasteiger partial charge >= 0.3 is 0 Å². The van der Waals surface area contributed by atoms with Crippen molar-refractivity contribution in [3.05, 3.63) is 36.1 Å². The number of carbonyl (C=O) groups is 3. The molecule has 2 saturated heterocycles. The maximum atomic E-state index is 13.9. The Morgan fingerprint density at radius 3 is 2.58 bits per heavy atom. The molecule has 9 nitrogen and oxygen atoms in total. The number of nitrogens with one attached hydrogen (secondary N) is 3. The quantitative estimate of drug-likeness (QED) is 0.414. The van der Waals surface area contributed by atoms with Crippen molar-refractivity contribution in [3.8, 4) is 0 Å². The van der Waals surface area contributed by atoms with Crippen LogP contribution in [0, 0.1) is 0 Å². The van der Waals surface area contributed by atoms with Gasteiger partial charge in [0, 0.05) is 38.0 Å². The lowest BCUT2D eigenvalue weighted by Crippen LogP contribution is -2.62. The van der Waals surface area contributed by atoms with E-state index < -0.39 is 42.4 Å². The van der Waals surface area contributed by atoms with Crippen LogP contribution in [0.5, 0.6) is 0 Å². The summed E-state index contributed by atoms with van der Waals surface area (Å²) in [6, 6.07) is -2.91. The molecular weight excluding hydrogens is 496 g/mol. The van der Waals surface area contributed by atoms with Gasteiger partial charge in [-0.15, -0.1) is 0 Å². The van der Waals surface area contributed by atoms with E-state index in [0.717, 1.165) is 12.5 Å². The van der Waals surface area contributed by atoms with Crippen molar-refractivity contribution >= 4 is 17.7 Å². The minimum absolute atomic E-state index is 0.0567. The van der Waals surface area contributed by atoms with E-state index in [9.17, 15) is 23.2 Å².